The van der Waals surface area contributed by atoms with Crippen LogP contribution in [0.15, 0.2) is 4.99 Å². The second-order valence-corrected chi connectivity index (χ2v) is 6.75. The number of amides is 1. The Bertz CT molecular complexity index is 394. The van der Waals surface area contributed by atoms with E-state index in [0.29, 0.717) is 5.41 Å². The van der Waals surface area contributed by atoms with Gasteiger partial charge >= 0.3 is 0 Å². The number of nitrogens with one attached hydrogen (secondary N) is 2. The van der Waals surface area contributed by atoms with Gasteiger partial charge in [-0.05, 0) is 38.0 Å². The fourth-order valence-electron chi connectivity index (χ4n) is 3.72. The molecule has 0 unspecified atom stereocenters. The molecule has 134 valence electrons. The summed E-state index contributed by atoms with van der Waals surface area (Å²) in [6, 6.07) is 0. The van der Waals surface area contributed by atoms with Crippen LogP contribution < -0.4 is 10.6 Å². The summed E-state index contributed by atoms with van der Waals surface area (Å²) in [7, 11) is 0. The summed E-state index contributed by atoms with van der Waals surface area (Å²) in [6.07, 6.45) is 9.11. The number of nitrogens with zero attached hydrogens (tertiary/aromatic N) is 2. The van der Waals surface area contributed by atoms with Crippen molar-refractivity contribution >= 4 is 35.8 Å². The monoisotopic (exact) mass is 436 g/mol. The van der Waals surface area contributed by atoms with E-state index in [0.717, 1.165) is 38.6 Å². The summed E-state index contributed by atoms with van der Waals surface area (Å²) in [4.78, 5) is 18.7. The smallest absolute Gasteiger partial charge is 0.241 e. The molecule has 1 aliphatic carbocycles. The van der Waals surface area contributed by atoms with E-state index in [1.165, 1.54) is 38.5 Å². The van der Waals surface area contributed by atoms with Gasteiger partial charge < -0.3 is 15.5 Å². The topological polar surface area (TPSA) is 56.7 Å². The molecule has 6 heteroatoms. The minimum Gasteiger partial charge on any atom is -0.357 e. The molecule has 2 fully saturated rings. The van der Waals surface area contributed by atoms with Crippen molar-refractivity contribution in [1.82, 2.24) is 15.5 Å². The zero-order chi connectivity index (χ0) is 15.8. The van der Waals surface area contributed by atoms with E-state index >= 15 is 0 Å². The van der Waals surface area contributed by atoms with Crippen LogP contribution in [-0.2, 0) is 4.79 Å². The highest BCUT2D eigenvalue weighted by Crippen LogP contribution is 2.43. The lowest BCUT2D eigenvalue weighted by molar-refractivity contribution is -0.119. The Morgan fingerprint density at radius 1 is 1.13 bits per heavy atom. The highest BCUT2D eigenvalue weighted by atomic mass is 127. The molecule has 23 heavy (non-hydrogen) atoms. The molecule has 0 aromatic heterocycles. The van der Waals surface area contributed by atoms with Gasteiger partial charge in [0.1, 0.15) is 6.54 Å². The van der Waals surface area contributed by atoms with Crippen LogP contribution in [0.5, 0.6) is 0 Å². The zero-order valence-electron chi connectivity index (χ0n) is 14.7. The van der Waals surface area contributed by atoms with Gasteiger partial charge in [0.15, 0.2) is 5.96 Å². The Balaban J connectivity index is 0.00000264. The molecule has 1 saturated heterocycles. The molecule has 0 aromatic rings. The predicted molar refractivity (Wildman–Crippen MR) is 106 cm³/mol. The lowest BCUT2D eigenvalue weighted by Gasteiger charge is -2.33. The maximum atomic E-state index is 11.8. The van der Waals surface area contributed by atoms with Crippen LogP contribution in [0.1, 0.15) is 58.8 Å². The van der Waals surface area contributed by atoms with E-state index in [1.807, 2.05) is 0 Å². The summed E-state index contributed by atoms with van der Waals surface area (Å²) in [6.45, 7) is 8.13. The van der Waals surface area contributed by atoms with E-state index in [-0.39, 0.29) is 36.4 Å². The SMILES string of the molecule is CCCNC(=O)CN=C(NCC)N1CCC2(CCCCC2)C1.I. The predicted octanol–water partition coefficient (Wildman–Crippen LogP) is 2.75. The number of carbonyl (C=O) groups excluding carboxylic acids is 1. The van der Waals surface area contributed by atoms with Crippen LogP contribution in [0.25, 0.3) is 0 Å². The number of halogens is 1. The summed E-state index contributed by atoms with van der Waals surface area (Å²) in [5, 5.41) is 6.24. The number of rotatable bonds is 5. The number of likely N-dealkylation sites (tertiary alicyclic amines) is 1. The van der Waals surface area contributed by atoms with Gasteiger partial charge in [-0.1, -0.05) is 26.2 Å². The van der Waals surface area contributed by atoms with Gasteiger partial charge in [-0.3, -0.25) is 4.79 Å². The number of guanidine groups is 1. The number of hydrogen-bond acceptors (Lipinski definition) is 2. The molecule has 0 bridgehead atoms. The van der Waals surface area contributed by atoms with Gasteiger partial charge in [0, 0.05) is 26.2 Å². The van der Waals surface area contributed by atoms with Crippen molar-refractivity contribution < 1.29 is 4.79 Å². The fraction of sp³-hybridized carbons (Fsp3) is 0.882. The van der Waals surface area contributed by atoms with Crippen LogP contribution in [-0.4, -0.2) is 49.5 Å². The van der Waals surface area contributed by atoms with Crippen molar-refractivity contribution in [3.63, 3.8) is 0 Å². The summed E-state index contributed by atoms with van der Waals surface area (Å²) in [5.74, 6) is 0.931. The van der Waals surface area contributed by atoms with Crippen molar-refractivity contribution in [1.29, 1.82) is 0 Å². The van der Waals surface area contributed by atoms with Crippen molar-refractivity contribution in [3.8, 4) is 0 Å². The Hall–Kier alpha value is -0.530. The van der Waals surface area contributed by atoms with Crippen LogP contribution in [0.2, 0.25) is 0 Å². The third kappa shape index (κ3) is 6.12. The maximum Gasteiger partial charge on any atom is 0.241 e. The molecule has 5 nitrogen and oxygen atoms in total. The Labute approximate surface area is 158 Å². The van der Waals surface area contributed by atoms with Gasteiger partial charge in [-0.15, -0.1) is 24.0 Å². The van der Waals surface area contributed by atoms with Crippen molar-refractivity contribution in [2.45, 2.75) is 58.8 Å². The Kier molecular flexibility index (Phi) is 9.24. The molecule has 2 N–H and O–H groups in total. The summed E-state index contributed by atoms with van der Waals surface area (Å²) in [5.41, 5.74) is 0.513. The molecule has 1 heterocycles. The van der Waals surface area contributed by atoms with Gasteiger partial charge in [-0.25, -0.2) is 4.99 Å². The fourth-order valence-corrected chi connectivity index (χ4v) is 3.72. The van der Waals surface area contributed by atoms with E-state index in [2.05, 4.69) is 34.4 Å². The second kappa shape index (κ2) is 10.4. The molecular formula is C17H33IN4O. The minimum absolute atomic E-state index is 0. The normalized spacial score (nSPS) is 20.3. The molecule has 0 radical (unpaired) electrons. The van der Waals surface area contributed by atoms with E-state index < -0.39 is 0 Å². The molecule has 0 atom stereocenters. The highest BCUT2D eigenvalue weighted by Gasteiger charge is 2.39. The van der Waals surface area contributed by atoms with E-state index in [4.69, 9.17) is 0 Å². The standard InChI is InChI=1S/C17H32N4O.HI/c1-3-11-19-15(22)13-20-16(18-4-2)21-12-10-17(14-21)8-6-5-7-9-17;/h3-14H2,1-2H3,(H,18,20)(H,19,22);1H. The molecule has 1 spiro atoms. The third-order valence-corrected chi connectivity index (χ3v) is 4.93. The van der Waals surface area contributed by atoms with Crippen LogP contribution in [0, 0.1) is 5.41 Å². The minimum atomic E-state index is 0. The molecule has 2 rings (SSSR count). The number of aliphatic imine (C=N–C) groups is 1. The van der Waals surface area contributed by atoms with Crippen LogP contribution in [0.4, 0.5) is 0 Å². The Morgan fingerprint density at radius 3 is 2.52 bits per heavy atom. The third-order valence-electron chi connectivity index (χ3n) is 4.93. The molecule has 1 amide bonds. The highest BCUT2D eigenvalue weighted by molar-refractivity contribution is 14.0. The van der Waals surface area contributed by atoms with Crippen molar-refractivity contribution in [2.75, 3.05) is 32.7 Å². The molecule has 1 saturated carbocycles. The van der Waals surface area contributed by atoms with E-state index in [9.17, 15) is 4.79 Å². The molecule has 0 aromatic carbocycles. The van der Waals surface area contributed by atoms with E-state index in [1.54, 1.807) is 0 Å². The molecule has 2 aliphatic rings. The average Bonchev–Trinajstić information content (AvgIpc) is 2.93. The molecule has 1 aliphatic heterocycles. The zero-order valence-corrected chi connectivity index (χ0v) is 17.0. The quantitative estimate of drug-likeness (QED) is 0.396. The van der Waals surface area contributed by atoms with Crippen molar-refractivity contribution in [3.05, 3.63) is 0 Å². The van der Waals surface area contributed by atoms with Gasteiger partial charge in [0.05, 0.1) is 0 Å². The average molecular weight is 436 g/mol. The molecular weight excluding hydrogens is 403 g/mol. The van der Waals surface area contributed by atoms with Crippen LogP contribution in [0.3, 0.4) is 0 Å². The summed E-state index contributed by atoms with van der Waals surface area (Å²) >= 11 is 0. The first kappa shape index (κ1) is 20.5. The van der Waals surface area contributed by atoms with Gasteiger partial charge in [0.25, 0.3) is 0 Å². The number of hydrogen-bond donors (Lipinski definition) is 2. The Morgan fingerprint density at radius 2 is 1.87 bits per heavy atom. The maximum absolute atomic E-state index is 11.8. The second-order valence-electron chi connectivity index (χ2n) is 6.75. The number of carbonyl (C=O) groups is 1. The largest absolute Gasteiger partial charge is 0.357 e. The first-order valence-corrected chi connectivity index (χ1v) is 8.99. The lowest BCUT2D eigenvalue weighted by Crippen LogP contribution is -2.42. The van der Waals surface area contributed by atoms with Gasteiger partial charge in [0.2, 0.25) is 5.91 Å². The van der Waals surface area contributed by atoms with Gasteiger partial charge in [-0.2, -0.15) is 0 Å². The lowest BCUT2D eigenvalue weighted by atomic mass is 9.73. The summed E-state index contributed by atoms with van der Waals surface area (Å²) < 4.78 is 0. The van der Waals surface area contributed by atoms with Crippen molar-refractivity contribution in [2.24, 2.45) is 10.4 Å². The first-order chi connectivity index (χ1) is 10.7. The van der Waals surface area contributed by atoms with Crippen LogP contribution >= 0.6 is 24.0 Å². The first-order valence-electron chi connectivity index (χ1n) is 8.99.